The zero-order valence-corrected chi connectivity index (χ0v) is 23.7. The van der Waals surface area contributed by atoms with Crippen molar-refractivity contribution in [3.63, 3.8) is 0 Å². The lowest BCUT2D eigenvalue weighted by Gasteiger charge is -2.31. The Kier molecular flexibility index (Phi) is 6.97. The summed E-state index contributed by atoms with van der Waals surface area (Å²) >= 11 is 0. The van der Waals surface area contributed by atoms with Crippen LogP contribution in [0.1, 0.15) is 41.0 Å². The standard InChI is InChI=1S/C33H33N5O3/c1-5-27-26-21-37(33(39)34-28-20-22(2)13-18-30(28)41-4)31(23-14-16-25(40-3)17-15-23)29-12-9-19-36(29)32(26)38(35-27)24-10-7-6-8-11-24/h6-20,31H,5,21H2,1-4H3,(H,34,39)/t31-/m0/s1. The number of ether oxygens (including phenoxy) is 2. The molecule has 1 N–H and O–H groups in total. The van der Waals surface area contributed by atoms with Gasteiger partial charge in [-0.3, -0.25) is 0 Å². The number of nitrogens with one attached hydrogen (secondary N) is 1. The van der Waals surface area contributed by atoms with Gasteiger partial charge in [-0.2, -0.15) is 5.10 Å². The van der Waals surface area contributed by atoms with Gasteiger partial charge in [0.05, 0.1) is 49.6 Å². The number of carbonyl (C=O) groups is 1. The number of aryl methyl sites for hydroxylation is 2. The molecule has 0 fully saturated rings. The van der Waals surface area contributed by atoms with Crippen LogP contribution in [-0.2, 0) is 13.0 Å². The SMILES string of the molecule is CCc1nn(-c2ccccc2)c2c1CN(C(=O)Nc1cc(C)ccc1OC)[C@@H](c1ccc(OC)cc1)c1cccn1-2. The third kappa shape index (κ3) is 4.71. The third-order valence-corrected chi connectivity index (χ3v) is 7.59. The van der Waals surface area contributed by atoms with Gasteiger partial charge in [0.15, 0.2) is 0 Å². The minimum absolute atomic E-state index is 0.232. The van der Waals surface area contributed by atoms with E-state index in [1.165, 1.54) is 0 Å². The maximum absolute atomic E-state index is 14.3. The molecule has 8 nitrogen and oxygen atoms in total. The second-order valence-corrected chi connectivity index (χ2v) is 10.1. The Hall–Kier alpha value is -4.98. The first kappa shape index (κ1) is 26.3. The van der Waals surface area contributed by atoms with E-state index in [0.717, 1.165) is 51.8 Å². The largest absolute Gasteiger partial charge is 0.497 e. The van der Waals surface area contributed by atoms with Crippen molar-refractivity contribution >= 4 is 11.7 Å². The smallest absolute Gasteiger partial charge is 0.323 e. The Bertz CT molecular complexity index is 1690. The van der Waals surface area contributed by atoms with Gasteiger partial charge in [0, 0.05) is 11.8 Å². The van der Waals surface area contributed by atoms with Crippen molar-refractivity contribution in [2.45, 2.75) is 32.9 Å². The van der Waals surface area contributed by atoms with Gasteiger partial charge < -0.3 is 24.3 Å². The zero-order chi connectivity index (χ0) is 28.5. The predicted octanol–water partition coefficient (Wildman–Crippen LogP) is 6.69. The lowest BCUT2D eigenvalue weighted by molar-refractivity contribution is 0.194. The van der Waals surface area contributed by atoms with Crippen LogP contribution in [0.5, 0.6) is 11.5 Å². The van der Waals surface area contributed by atoms with E-state index < -0.39 is 0 Å². The Morgan fingerprint density at radius 3 is 2.46 bits per heavy atom. The maximum atomic E-state index is 14.3. The van der Waals surface area contributed by atoms with E-state index in [4.69, 9.17) is 14.6 Å². The van der Waals surface area contributed by atoms with Crippen molar-refractivity contribution in [3.05, 3.63) is 119 Å². The molecule has 1 aliphatic heterocycles. The Labute approximate surface area is 239 Å². The summed E-state index contributed by atoms with van der Waals surface area (Å²) in [5.74, 6) is 2.31. The van der Waals surface area contributed by atoms with E-state index >= 15 is 0 Å². The summed E-state index contributed by atoms with van der Waals surface area (Å²) in [5, 5.41) is 8.19. The number of rotatable bonds is 6. The van der Waals surface area contributed by atoms with Crippen molar-refractivity contribution in [3.8, 4) is 23.0 Å². The quantitative estimate of drug-likeness (QED) is 0.257. The van der Waals surface area contributed by atoms with Crippen molar-refractivity contribution in [1.29, 1.82) is 0 Å². The number of aromatic nitrogens is 3. The Morgan fingerprint density at radius 2 is 1.76 bits per heavy atom. The topological polar surface area (TPSA) is 73.6 Å². The molecule has 2 aromatic heterocycles. The van der Waals surface area contributed by atoms with Crippen LogP contribution in [-0.4, -0.2) is 39.5 Å². The summed E-state index contributed by atoms with van der Waals surface area (Å²) in [4.78, 5) is 16.2. The van der Waals surface area contributed by atoms with E-state index in [1.54, 1.807) is 14.2 Å². The van der Waals surface area contributed by atoms with E-state index in [2.05, 4.69) is 41.2 Å². The van der Waals surface area contributed by atoms with Gasteiger partial charge in [0.2, 0.25) is 0 Å². The molecule has 0 spiro atoms. The molecule has 3 heterocycles. The van der Waals surface area contributed by atoms with Crippen LogP contribution in [0.25, 0.3) is 11.5 Å². The lowest BCUT2D eigenvalue weighted by atomic mass is 10.0. The number of para-hydroxylation sites is 1. The molecule has 41 heavy (non-hydrogen) atoms. The number of fused-ring (bicyclic) bond motifs is 3. The van der Waals surface area contributed by atoms with Crippen molar-refractivity contribution in [2.75, 3.05) is 19.5 Å². The zero-order valence-electron chi connectivity index (χ0n) is 23.7. The third-order valence-electron chi connectivity index (χ3n) is 7.59. The minimum atomic E-state index is -0.381. The van der Waals surface area contributed by atoms with E-state index in [0.29, 0.717) is 18.0 Å². The molecule has 1 aliphatic rings. The summed E-state index contributed by atoms with van der Waals surface area (Å²) in [7, 11) is 3.26. The highest BCUT2D eigenvalue weighted by atomic mass is 16.5. The van der Waals surface area contributed by atoms with Crippen LogP contribution in [0.2, 0.25) is 0 Å². The average molecular weight is 548 g/mol. The Morgan fingerprint density at radius 1 is 0.976 bits per heavy atom. The maximum Gasteiger partial charge on any atom is 0.323 e. The van der Waals surface area contributed by atoms with Gasteiger partial charge in [-0.05, 0) is 73.0 Å². The summed E-state index contributed by atoms with van der Waals surface area (Å²) in [6, 6.07) is 27.3. The molecular formula is C33H33N5O3. The number of hydrogen-bond acceptors (Lipinski definition) is 4. The molecule has 0 aliphatic carbocycles. The molecular weight excluding hydrogens is 514 g/mol. The number of methoxy groups -OCH3 is 2. The number of urea groups is 1. The minimum Gasteiger partial charge on any atom is -0.497 e. The van der Waals surface area contributed by atoms with Gasteiger partial charge in [-0.15, -0.1) is 0 Å². The molecule has 8 heteroatoms. The molecule has 208 valence electrons. The van der Waals surface area contributed by atoms with E-state index in [9.17, 15) is 4.79 Å². The average Bonchev–Trinajstić information content (AvgIpc) is 3.59. The lowest BCUT2D eigenvalue weighted by Crippen LogP contribution is -2.38. The first-order valence-electron chi connectivity index (χ1n) is 13.7. The van der Waals surface area contributed by atoms with Gasteiger partial charge in [-0.25, -0.2) is 9.48 Å². The Balaban J connectivity index is 1.54. The van der Waals surface area contributed by atoms with Crippen LogP contribution >= 0.6 is 0 Å². The van der Waals surface area contributed by atoms with Gasteiger partial charge in [0.1, 0.15) is 17.3 Å². The first-order chi connectivity index (χ1) is 20.0. The molecule has 1 atom stereocenters. The second-order valence-electron chi connectivity index (χ2n) is 10.1. The van der Waals surface area contributed by atoms with E-state index in [-0.39, 0.29) is 12.1 Å². The molecule has 6 rings (SSSR count). The number of benzene rings is 3. The molecule has 5 aromatic rings. The highest BCUT2D eigenvalue weighted by Crippen LogP contribution is 2.39. The van der Waals surface area contributed by atoms with Crippen LogP contribution in [0.4, 0.5) is 10.5 Å². The van der Waals surface area contributed by atoms with Gasteiger partial charge in [-0.1, -0.05) is 43.3 Å². The summed E-state index contributed by atoms with van der Waals surface area (Å²) in [6.45, 7) is 4.46. The van der Waals surface area contributed by atoms with Crippen LogP contribution in [0.3, 0.4) is 0 Å². The van der Waals surface area contributed by atoms with E-state index in [1.807, 2.05) is 83.2 Å². The van der Waals surface area contributed by atoms with Crippen LogP contribution in [0.15, 0.2) is 91.1 Å². The summed E-state index contributed by atoms with van der Waals surface area (Å²) in [6.07, 6.45) is 2.78. The fourth-order valence-electron chi connectivity index (χ4n) is 5.59. The second kappa shape index (κ2) is 10.9. The van der Waals surface area contributed by atoms with Gasteiger partial charge >= 0.3 is 6.03 Å². The monoisotopic (exact) mass is 547 g/mol. The molecule has 0 radical (unpaired) electrons. The number of hydrogen-bond donors (Lipinski definition) is 1. The van der Waals surface area contributed by atoms with Crippen LogP contribution < -0.4 is 14.8 Å². The number of carbonyl (C=O) groups excluding carboxylic acids is 1. The molecule has 0 saturated carbocycles. The summed E-state index contributed by atoms with van der Waals surface area (Å²) < 4.78 is 15.2. The normalized spacial score (nSPS) is 14.1. The van der Waals surface area contributed by atoms with Crippen molar-refractivity contribution in [2.24, 2.45) is 0 Å². The van der Waals surface area contributed by atoms with Crippen molar-refractivity contribution in [1.82, 2.24) is 19.2 Å². The number of amides is 2. The predicted molar refractivity (Wildman–Crippen MR) is 159 cm³/mol. The van der Waals surface area contributed by atoms with Crippen molar-refractivity contribution < 1.29 is 14.3 Å². The number of anilines is 1. The highest BCUT2D eigenvalue weighted by molar-refractivity contribution is 5.92. The number of nitrogens with zero attached hydrogens (tertiary/aromatic N) is 4. The molecule has 2 amide bonds. The first-order valence-corrected chi connectivity index (χ1v) is 13.7. The van der Waals surface area contributed by atoms with Gasteiger partial charge in [0.25, 0.3) is 0 Å². The van der Waals surface area contributed by atoms with Crippen LogP contribution in [0, 0.1) is 6.92 Å². The molecule has 0 bridgehead atoms. The fourth-order valence-corrected chi connectivity index (χ4v) is 5.59. The molecule has 0 unspecified atom stereocenters. The molecule has 0 saturated heterocycles. The highest BCUT2D eigenvalue weighted by Gasteiger charge is 2.36. The summed E-state index contributed by atoms with van der Waals surface area (Å²) in [5.41, 5.74) is 6.51. The molecule has 3 aromatic carbocycles. The fraction of sp³-hybridized carbons (Fsp3) is 0.212.